The summed E-state index contributed by atoms with van der Waals surface area (Å²) in [7, 11) is 0. The molecule has 22 heavy (non-hydrogen) atoms. The van der Waals surface area contributed by atoms with E-state index >= 15 is 0 Å². The summed E-state index contributed by atoms with van der Waals surface area (Å²) in [6.07, 6.45) is 11.4. The number of piperidine rings is 1. The minimum Gasteiger partial charge on any atom is -0.373 e. The van der Waals surface area contributed by atoms with Crippen LogP contribution in [0.4, 0.5) is 0 Å². The second-order valence-electron chi connectivity index (χ2n) is 8.28. The van der Waals surface area contributed by atoms with Crippen molar-refractivity contribution in [2.45, 2.75) is 57.8 Å². The van der Waals surface area contributed by atoms with Gasteiger partial charge in [0.2, 0.25) is 0 Å². The maximum absolute atomic E-state index is 5.89. The van der Waals surface area contributed by atoms with Gasteiger partial charge in [-0.3, -0.25) is 4.90 Å². The summed E-state index contributed by atoms with van der Waals surface area (Å²) < 4.78 is 5.89. The Hall–Kier alpha value is -0.380. The predicted octanol–water partition coefficient (Wildman–Crippen LogP) is 2.77. The van der Waals surface area contributed by atoms with Gasteiger partial charge in [-0.05, 0) is 70.4 Å². The summed E-state index contributed by atoms with van der Waals surface area (Å²) in [5, 5.41) is 0. The smallest absolute Gasteiger partial charge is 0.0678 e. The molecular weight excluding hydrogens is 272 g/mol. The zero-order chi connectivity index (χ0) is 15.1. The van der Waals surface area contributed by atoms with Gasteiger partial charge in [-0.1, -0.05) is 12.2 Å². The van der Waals surface area contributed by atoms with Gasteiger partial charge in [0.05, 0.1) is 12.2 Å². The van der Waals surface area contributed by atoms with Gasteiger partial charge in [-0.15, -0.1) is 0 Å². The molecule has 0 aromatic heterocycles. The fourth-order valence-electron chi connectivity index (χ4n) is 5.42. The van der Waals surface area contributed by atoms with Crippen LogP contribution in [0.3, 0.4) is 0 Å². The highest BCUT2D eigenvalue weighted by molar-refractivity contribution is 5.10. The first-order valence-corrected chi connectivity index (χ1v) is 9.47. The summed E-state index contributed by atoms with van der Waals surface area (Å²) in [4.78, 5) is 5.46. The molecule has 0 aromatic carbocycles. The van der Waals surface area contributed by atoms with Gasteiger partial charge in [-0.25, -0.2) is 0 Å². The Morgan fingerprint density at radius 1 is 1.00 bits per heavy atom. The molecule has 2 aliphatic carbocycles. The van der Waals surface area contributed by atoms with E-state index in [2.05, 4.69) is 35.8 Å². The summed E-state index contributed by atoms with van der Waals surface area (Å²) in [6.45, 7) is 10.7. The van der Waals surface area contributed by atoms with Crippen LogP contribution < -0.4 is 0 Å². The van der Waals surface area contributed by atoms with Crippen molar-refractivity contribution >= 4 is 0 Å². The van der Waals surface area contributed by atoms with Crippen LogP contribution in [-0.4, -0.2) is 60.8 Å². The summed E-state index contributed by atoms with van der Waals surface area (Å²) in [6, 6.07) is 0.796. The number of hydrogen-bond donors (Lipinski definition) is 0. The molecule has 5 atom stereocenters. The highest BCUT2D eigenvalue weighted by Gasteiger charge is 2.37. The van der Waals surface area contributed by atoms with Crippen LogP contribution >= 0.6 is 0 Å². The maximum Gasteiger partial charge on any atom is 0.0678 e. The van der Waals surface area contributed by atoms with Crippen molar-refractivity contribution in [2.24, 2.45) is 17.8 Å². The molecule has 2 aliphatic heterocycles. The standard InChI is InChI=1S/C19H32N2O/c1-14-11-21(12-15(2)22-14)19-5-7-20(8-6-19)13-18-10-16-3-4-17(18)9-16/h3-4,14-19H,5-13H2,1-2H3/t14-,15+,16-,17-,18-/m0/s1. The predicted molar refractivity (Wildman–Crippen MR) is 89.9 cm³/mol. The molecule has 3 fully saturated rings. The molecule has 0 unspecified atom stereocenters. The molecule has 4 aliphatic rings. The Labute approximate surface area is 135 Å². The Bertz CT molecular complexity index is 406. The Balaban J connectivity index is 1.25. The van der Waals surface area contributed by atoms with Crippen molar-refractivity contribution in [2.75, 3.05) is 32.7 Å². The molecule has 2 bridgehead atoms. The van der Waals surface area contributed by atoms with E-state index in [0.29, 0.717) is 12.2 Å². The van der Waals surface area contributed by atoms with E-state index in [1.807, 2.05) is 0 Å². The third-order valence-corrected chi connectivity index (χ3v) is 6.43. The number of likely N-dealkylation sites (tertiary alicyclic amines) is 1. The average molecular weight is 304 g/mol. The number of hydrogen-bond acceptors (Lipinski definition) is 3. The molecule has 1 saturated carbocycles. The largest absolute Gasteiger partial charge is 0.373 e. The van der Waals surface area contributed by atoms with Gasteiger partial charge in [0, 0.05) is 25.7 Å². The van der Waals surface area contributed by atoms with Crippen molar-refractivity contribution in [3.8, 4) is 0 Å². The lowest BCUT2D eigenvalue weighted by atomic mass is 9.92. The SMILES string of the molecule is C[C@@H]1CN(C2CCN(C[C@@H]3C[C@H]4C=C[C@H]3C4)CC2)C[C@H](C)O1. The topological polar surface area (TPSA) is 15.7 Å². The van der Waals surface area contributed by atoms with E-state index < -0.39 is 0 Å². The molecule has 0 aromatic rings. The van der Waals surface area contributed by atoms with Crippen molar-refractivity contribution in [3.63, 3.8) is 0 Å². The van der Waals surface area contributed by atoms with Gasteiger partial charge in [0.25, 0.3) is 0 Å². The van der Waals surface area contributed by atoms with Gasteiger partial charge in [-0.2, -0.15) is 0 Å². The minimum absolute atomic E-state index is 0.405. The molecule has 2 heterocycles. The number of rotatable bonds is 3. The third-order valence-electron chi connectivity index (χ3n) is 6.43. The first-order chi connectivity index (χ1) is 10.7. The molecule has 0 radical (unpaired) electrons. The van der Waals surface area contributed by atoms with E-state index in [-0.39, 0.29) is 0 Å². The normalized spacial score (nSPS) is 44.0. The lowest BCUT2D eigenvalue weighted by molar-refractivity contribution is -0.0867. The molecule has 4 rings (SSSR count). The second kappa shape index (κ2) is 6.26. The fourth-order valence-corrected chi connectivity index (χ4v) is 5.42. The molecular formula is C19H32N2O. The Kier molecular flexibility index (Phi) is 4.31. The van der Waals surface area contributed by atoms with Gasteiger partial charge in [0.1, 0.15) is 0 Å². The van der Waals surface area contributed by atoms with Crippen LogP contribution in [0.15, 0.2) is 12.2 Å². The number of morpholine rings is 1. The van der Waals surface area contributed by atoms with Crippen LogP contribution in [0, 0.1) is 17.8 Å². The van der Waals surface area contributed by atoms with E-state index in [0.717, 1.165) is 36.9 Å². The molecule has 3 nitrogen and oxygen atoms in total. The van der Waals surface area contributed by atoms with Gasteiger partial charge >= 0.3 is 0 Å². The number of allylic oxidation sites excluding steroid dienone is 2. The zero-order valence-corrected chi connectivity index (χ0v) is 14.3. The van der Waals surface area contributed by atoms with Crippen LogP contribution in [0.2, 0.25) is 0 Å². The minimum atomic E-state index is 0.405. The lowest BCUT2D eigenvalue weighted by Crippen LogP contribution is -2.53. The zero-order valence-electron chi connectivity index (χ0n) is 14.3. The summed E-state index contributed by atoms with van der Waals surface area (Å²) in [5.41, 5.74) is 0. The van der Waals surface area contributed by atoms with Crippen molar-refractivity contribution < 1.29 is 4.74 Å². The highest BCUT2D eigenvalue weighted by atomic mass is 16.5. The van der Waals surface area contributed by atoms with Crippen LogP contribution in [0.1, 0.15) is 39.5 Å². The monoisotopic (exact) mass is 304 g/mol. The maximum atomic E-state index is 5.89. The molecule has 3 heteroatoms. The number of ether oxygens (including phenoxy) is 1. The first kappa shape index (κ1) is 15.2. The summed E-state index contributed by atoms with van der Waals surface area (Å²) in [5.74, 6) is 2.78. The third kappa shape index (κ3) is 3.13. The fraction of sp³-hybridized carbons (Fsp3) is 0.895. The average Bonchev–Trinajstić information content (AvgIpc) is 3.09. The number of nitrogens with zero attached hydrogens (tertiary/aromatic N) is 2. The first-order valence-electron chi connectivity index (χ1n) is 9.47. The van der Waals surface area contributed by atoms with Crippen LogP contribution in [0.5, 0.6) is 0 Å². The lowest BCUT2D eigenvalue weighted by Gasteiger charge is -2.44. The quantitative estimate of drug-likeness (QED) is 0.746. The number of fused-ring (bicyclic) bond motifs is 2. The molecule has 124 valence electrons. The van der Waals surface area contributed by atoms with Crippen LogP contribution in [-0.2, 0) is 4.74 Å². The van der Waals surface area contributed by atoms with Crippen LogP contribution in [0.25, 0.3) is 0 Å². The highest BCUT2D eigenvalue weighted by Crippen LogP contribution is 2.43. The van der Waals surface area contributed by atoms with E-state index in [1.165, 1.54) is 45.3 Å². The van der Waals surface area contributed by atoms with Crippen molar-refractivity contribution in [1.82, 2.24) is 9.80 Å². The van der Waals surface area contributed by atoms with Crippen molar-refractivity contribution in [1.29, 1.82) is 0 Å². The Morgan fingerprint density at radius 3 is 2.32 bits per heavy atom. The van der Waals surface area contributed by atoms with E-state index in [1.54, 1.807) is 0 Å². The van der Waals surface area contributed by atoms with Gasteiger partial charge in [0.15, 0.2) is 0 Å². The van der Waals surface area contributed by atoms with Gasteiger partial charge < -0.3 is 9.64 Å². The Morgan fingerprint density at radius 2 is 1.73 bits per heavy atom. The van der Waals surface area contributed by atoms with Crippen molar-refractivity contribution in [3.05, 3.63) is 12.2 Å². The summed E-state index contributed by atoms with van der Waals surface area (Å²) >= 11 is 0. The molecule has 0 N–H and O–H groups in total. The molecule has 2 saturated heterocycles. The van der Waals surface area contributed by atoms with E-state index in [4.69, 9.17) is 4.74 Å². The van der Waals surface area contributed by atoms with E-state index in [9.17, 15) is 0 Å². The molecule has 0 spiro atoms. The second-order valence-corrected chi connectivity index (χ2v) is 8.28. The molecule has 0 amide bonds.